The summed E-state index contributed by atoms with van der Waals surface area (Å²) >= 11 is 0. The maximum atomic E-state index is 2.45. The van der Waals surface area contributed by atoms with Gasteiger partial charge in [-0.2, -0.15) is 0 Å². The molecule has 1 aliphatic heterocycles. The largest absolute Gasteiger partial charge is 0.306 e. The molecule has 0 bridgehead atoms. The van der Waals surface area contributed by atoms with Gasteiger partial charge in [0.2, 0.25) is 0 Å². The van der Waals surface area contributed by atoms with Gasteiger partial charge in [0.25, 0.3) is 0 Å². The molecule has 0 saturated carbocycles. The van der Waals surface area contributed by atoms with Crippen LogP contribution in [0.5, 0.6) is 0 Å². The maximum Gasteiger partial charge on any atom is -0.00189 e. The molecule has 0 amide bonds. The fourth-order valence-electron chi connectivity index (χ4n) is 2.22. The van der Waals surface area contributed by atoms with Gasteiger partial charge in [-0.05, 0) is 50.2 Å². The first-order valence-corrected chi connectivity index (χ1v) is 5.63. The number of rotatable bonds is 2. The Morgan fingerprint density at radius 3 is 2.00 bits per heavy atom. The van der Waals surface area contributed by atoms with Crippen molar-refractivity contribution < 1.29 is 0 Å². The molecule has 0 radical (unpaired) electrons. The van der Waals surface area contributed by atoms with E-state index >= 15 is 0 Å². The predicted molar refractivity (Wildman–Crippen MR) is 58.8 cm³/mol. The molecule has 78 valence electrons. The van der Waals surface area contributed by atoms with E-state index in [0.717, 1.165) is 11.8 Å². The smallest absolute Gasteiger partial charge is 0.00189 e. The Bertz CT molecular complexity index is 153. The van der Waals surface area contributed by atoms with Crippen molar-refractivity contribution in [3.05, 3.63) is 0 Å². The lowest BCUT2D eigenvalue weighted by Gasteiger charge is -2.42. The first kappa shape index (κ1) is 11.0. The summed E-state index contributed by atoms with van der Waals surface area (Å²) < 4.78 is 0. The zero-order chi connectivity index (χ0) is 10.1. The van der Waals surface area contributed by atoms with Crippen LogP contribution in [-0.2, 0) is 0 Å². The molecule has 0 aliphatic carbocycles. The Morgan fingerprint density at radius 2 is 1.62 bits per heavy atom. The molecular weight excluding hydrogens is 158 g/mol. The lowest BCUT2D eigenvalue weighted by atomic mass is 9.67. The van der Waals surface area contributed by atoms with Crippen molar-refractivity contribution in [3.8, 4) is 0 Å². The second-order valence-electron chi connectivity index (χ2n) is 5.55. The zero-order valence-corrected chi connectivity index (χ0v) is 9.93. The van der Waals surface area contributed by atoms with Gasteiger partial charge in [0.1, 0.15) is 0 Å². The van der Waals surface area contributed by atoms with Gasteiger partial charge >= 0.3 is 0 Å². The molecule has 0 atom stereocenters. The fraction of sp³-hybridized carbons (Fsp3) is 1.00. The van der Waals surface area contributed by atoms with Gasteiger partial charge in [-0.3, -0.25) is 0 Å². The molecule has 0 unspecified atom stereocenters. The summed E-state index contributed by atoms with van der Waals surface area (Å²) in [6.07, 6.45) is 2.78. The fourth-order valence-corrected chi connectivity index (χ4v) is 2.22. The van der Waals surface area contributed by atoms with Crippen molar-refractivity contribution in [3.63, 3.8) is 0 Å². The third-order valence-electron chi connectivity index (χ3n) is 4.26. The molecule has 1 heteroatoms. The number of hydrogen-bond donors (Lipinski definition) is 0. The minimum absolute atomic E-state index is 0.529. The Kier molecular flexibility index (Phi) is 3.39. The summed E-state index contributed by atoms with van der Waals surface area (Å²) in [5.74, 6) is 1.74. The highest BCUT2D eigenvalue weighted by Crippen LogP contribution is 2.40. The third kappa shape index (κ3) is 2.46. The number of nitrogens with zero attached hydrogens (tertiary/aromatic N) is 1. The maximum absolute atomic E-state index is 2.45. The molecule has 0 aromatic carbocycles. The van der Waals surface area contributed by atoms with Gasteiger partial charge in [-0.1, -0.05) is 27.7 Å². The van der Waals surface area contributed by atoms with Crippen LogP contribution in [0.3, 0.4) is 0 Å². The Morgan fingerprint density at radius 1 is 1.15 bits per heavy atom. The average Bonchev–Trinajstić information content (AvgIpc) is 2.04. The van der Waals surface area contributed by atoms with Gasteiger partial charge in [0, 0.05) is 0 Å². The van der Waals surface area contributed by atoms with Crippen LogP contribution in [0.4, 0.5) is 0 Å². The predicted octanol–water partition coefficient (Wildman–Crippen LogP) is 3.01. The van der Waals surface area contributed by atoms with E-state index in [-0.39, 0.29) is 0 Å². The Balaban J connectivity index is 2.52. The zero-order valence-electron chi connectivity index (χ0n) is 9.93. The highest BCUT2D eigenvalue weighted by Gasteiger charge is 2.33. The lowest BCUT2D eigenvalue weighted by molar-refractivity contribution is 0.0747. The van der Waals surface area contributed by atoms with E-state index in [0.29, 0.717) is 5.41 Å². The summed E-state index contributed by atoms with van der Waals surface area (Å²) in [5, 5.41) is 0. The molecule has 0 spiro atoms. The standard InChI is InChI=1S/C12H25N/c1-10(2)12(3,4)11-6-8-13(5)9-7-11/h10-11H,6-9H2,1-5H3. The van der Waals surface area contributed by atoms with Crippen LogP contribution in [0.25, 0.3) is 0 Å². The summed E-state index contributed by atoms with van der Waals surface area (Å²) in [7, 11) is 2.23. The van der Waals surface area contributed by atoms with E-state index in [1.54, 1.807) is 0 Å². The van der Waals surface area contributed by atoms with Gasteiger partial charge in [-0.15, -0.1) is 0 Å². The van der Waals surface area contributed by atoms with Crippen molar-refractivity contribution in [1.29, 1.82) is 0 Å². The van der Waals surface area contributed by atoms with E-state index in [1.807, 2.05) is 0 Å². The quantitative estimate of drug-likeness (QED) is 0.636. The number of piperidine rings is 1. The Hall–Kier alpha value is -0.0400. The molecule has 1 fully saturated rings. The molecular formula is C12H25N. The average molecular weight is 183 g/mol. The van der Waals surface area contributed by atoms with Crippen molar-refractivity contribution in [2.45, 2.75) is 40.5 Å². The van der Waals surface area contributed by atoms with E-state index in [2.05, 4.69) is 39.6 Å². The normalized spacial score (nSPS) is 22.6. The molecule has 0 aromatic rings. The number of hydrogen-bond acceptors (Lipinski definition) is 1. The Labute approximate surface area is 83.5 Å². The highest BCUT2D eigenvalue weighted by molar-refractivity contribution is 4.84. The van der Waals surface area contributed by atoms with E-state index < -0.39 is 0 Å². The van der Waals surface area contributed by atoms with Crippen molar-refractivity contribution >= 4 is 0 Å². The minimum Gasteiger partial charge on any atom is -0.306 e. The molecule has 13 heavy (non-hydrogen) atoms. The first-order chi connectivity index (χ1) is 5.94. The molecule has 0 aromatic heterocycles. The van der Waals surface area contributed by atoms with Crippen molar-refractivity contribution in [1.82, 2.24) is 4.90 Å². The molecule has 1 heterocycles. The van der Waals surface area contributed by atoms with Crippen molar-refractivity contribution in [2.75, 3.05) is 20.1 Å². The van der Waals surface area contributed by atoms with Crippen LogP contribution in [0, 0.1) is 17.3 Å². The van der Waals surface area contributed by atoms with Crippen LogP contribution in [0.1, 0.15) is 40.5 Å². The summed E-state index contributed by atoms with van der Waals surface area (Å²) in [4.78, 5) is 2.45. The van der Waals surface area contributed by atoms with Crippen LogP contribution in [-0.4, -0.2) is 25.0 Å². The van der Waals surface area contributed by atoms with Gasteiger partial charge in [0.05, 0.1) is 0 Å². The van der Waals surface area contributed by atoms with E-state index in [4.69, 9.17) is 0 Å². The van der Waals surface area contributed by atoms with Crippen LogP contribution >= 0.6 is 0 Å². The van der Waals surface area contributed by atoms with Gasteiger partial charge in [0.15, 0.2) is 0 Å². The molecule has 0 N–H and O–H groups in total. The topological polar surface area (TPSA) is 3.24 Å². The molecule has 1 aliphatic rings. The minimum atomic E-state index is 0.529. The first-order valence-electron chi connectivity index (χ1n) is 5.63. The lowest BCUT2D eigenvalue weighted by Crippen LogP contribution is -2.39. The molecule has 1 saturated heterocycles. The summed E-state index contributed by atoms with van der Waals surface area (Å²) in [6, 6.07) is 0. The van der Waals surface area contributed by atoms with E-state index in [1.165, 1.54) is 25.9 Å². The molecule has 1 rings (SSSR count). The summed E-state index contributed by atoms with van der Waals surface area (Å²) in [6.45, 7) is 12.2. The number of likely N-dealkylation sites (tertiary alicyclic amines) is 1. The van der Waals surface area contributed by atoms with Gasteiger partial charge in [-0.25, -0.2) is 0 Å². The monoisotopic (exact) mass is 183 g/mol. The van der Waals surface area contributed by atoms with Gasteiger partial charge < -0.3 is 4.90 Å². The SMILES string of the molecule is CC(C)C(C)(C)C1CCN(C)CC1. The second kappa shape index (κ2) is 4.00. The highest BCUT2D eigenvalue weighted by atomic mass is 15.1. The third-order valence-corrected chi connectivity index (χ3v) is 4.26. The van der Waals surface area contributed by atoms with Crippen molar-refractivity contribution in [2.24, 2.45) is 17.3 Å². The van der Waals surface area contributed by atoms with Crippen LogP contribution in [0.2, 0.25) is 0 Å². The van der Waals surface area contributed by atoms with E-state index in [9.17, 15) is 0 Å². The summed E-state index contributed by atoms with van der Waals surface area (Å²) in [5.41, 5.74) is 0.529. The van der Waals surface area contributed by atoms with Crippen LogP contribution < -0.4 is 0 Å². The van der Waals surface area contributed by atoms with Crippen LogP contribution in [0.15, 0.2) is 0 Å². The molecule has 1 nitrogen and oxygen atoms in total. The second-order valence-corrected chi connectivity index (χ2v) is 5.55.